The molecule has 0 bridgehead atoms. The molecule has 0 unspecified atom stereocenters. The maximum Gasteiger partial charge on any atom is -0.000664 e. The van der Waals surface area contributed by atoms with Crippen LogP contribution in [0.15, 0.2) is 24.3 Å². The first-order chi connectivity index (χ1) is 11.4. The number of nitrogens with two attached hydrogens (primary N) is 1. The van der Waals surface area contributed by atoms with Crippen molar-refractivity contribution < 1.29 is 0 Å². The first-order valence-corrected chi connectivity index (χ1v) is 9.86. The molecule has 0 saturated heterocycles. The Kier molecular flexibility index (Phi) is 14.4. The summed E-state index contributed by atoms with van der Waals surface area (Å²) in [7, 11) is 0. The van der Waals surface area contributed by atoms with Gasteiger partial charge in [0.2, 0.25) is 0 Å². The molecule has 1 aliphatic rings. The van der Waals surface area contributed by atoms with Crippen molar-refractivity contribution in [2.24, 2.45) is 5.73 Å². The van der Waals surface area contributed by atoms with Crippen molar-refractivity contribution in [1.82, 2.24) is 10.2 Å². The zero-order valence-electron chi connectivity index (χ0n) is 15.1. The van der Waals surface area contributed by atoms with Gasteiger partial charge >= 0.3 is 0 Å². The van der Waals surface area contributed by atoms with Gasteiger partial charge in [0.1, 0.15) is 0 Å². The molecule has 0 aromatic heterocycles. The third kappa shape index (κ3) is 13.5. The average molecular weight is 322 g/mol. The summed E-state index contributed by atoms with van der Waals surface area (Å²) in [5, 5.41) is 3.49. The van der Waals surface area contributed by atoms with Gasteiger partial charge < -0.3 is 16.0 Å². The quantitative estimate of drug-likeness (QED) is 0.552. The molecule has 0 saturated carbocycles. The van der Waals surface area contributed by atoms with Crippen LogP contribution in [-0.4, -0.2) is 44.2 Å². The second kappa shape index (κ2) is 16.2. The molecule has 0 atom stereocenters. The number of nitrogens with zero attached hydrogens (tertiary/aromatic N) is 1. The molecule has 134 valence electrons. The number of hydrogen-bond acceptors (Lipinski definition) is 3. The highest BCUT2D eigenvalue weighted by molar-refractivity contribution is 4.92. The fourth-order valence-electron chi connectivity index (χ4n) is 2.99. The molecule has 1 heterocycles. The predicted molar refractivity (Wildman–Crippen MR) is 103 cm³/mol. The third-order valence-corrected chi connectivity index (χ3v) is 4.43. The first-order valence-electron chi connectivity index (χ1n) is 9.86. The molecule has 0 fully saturated rings. The van der Waals surface area contributed by atoms with E-state index in [9.17, 15) is 0 Å². The van der Waals surface area contributed by atoms with Gasteiger partial charge in [-0.2, -0.15) is 0 Å². The van der Waals surface area contributed by atoms with Crippen molar-refractivity contribution in [3.05, 3.63) is 24.3 Å². The van der Waals surface area contributed by atoms with Crippen LogP contribution in [0.5, 0.6) is 0 Å². The summed E-state index contributed by atoms with van der Waals surface area (Å²) in [5.74, 6) is 0. The summed E-state index contributed by atoms with van der Waals surface area (Å²) in [6.07, 6.45) is 22.0. The van der Waals surface area contributed by atoms with E-state index in [1.54, 1.807) is 0 Å². The monoisotopic (exact) mass is 321 g/mol. The zero-order chi connectivity index (χ0) is 16.4. The molecular formula is C20H39N3. The van der Waals surface area contributed by atoms with Crippen LogP contribution in [0.25, 0.3) is 0 Å². The highest BCUT2D eigenvalue weighted by Gasteiger charge is 2.04. The fraction of sp³-hybridized carbons (Fsp3) is 0.800. The van der Waals surface area contributed by atoms with Gasteiger partial charge in [-0.05, 0) is 97.1 Å². The number of nitrogens with one attached hydrogen (secondary N) is 1. The van der Waals surface area contributed by atoms with Crippen LogP contribution in [-0.2, 0) is 0 Å². The Morgan fingerprint density at radius 3 is 2.17 bits per heavy atom. The van der Waals surface area contributed by atoms with Gasteiger partial charge in [0, 0.05) is 0 Å². The summed E-state index contributed by atoms with van der Waals surface area (Å²) >= 11 is 0. The minimum Gasteiger partial charge on any atom is -0.330 e. The number of rotatable bonds is 7. The van der Waals surface area contributed by atoms with Gasteiger partial charge in [-0.3, -0.25) is 0 Å². The van der Waals surface area contributed by atoms with Crippen LogP contribution in [0.3, 0.4) is 0 Å². The largest absolute Gasteiger partial charge is 0.330 e. The Morgan fingerprint density at radius 2 is 1.43 bits per heavy atom. The van der Waals surface area contributed by atoms with E-state index in [1.807, 2.05) is 0 Å². The van der Waals surface area contributed by atoms with Crippen molar-refractivity contribution in [3.63, 3.8) is 0 Å². The summed E-state index contributed by atoms with van der Waals surface area (Å²) in [6.45, 7) is 6.78. The minimum atomic E-state index is 0.794. The van der Waals surface area contributed by atoms with E-state index in [2.05, 4.69) is 34.5 Å². The molecule has 0 spiro atoms. The smallest absolute Gasteiger partial charge is 0.000664 e. The lowest BCUT2D eigenvalue weighted by molar-refractivity contribution is 0.258. The van der Waals surface area contributed by atoms with Crippen molar-refractivity contribution >= 4 is 0 Å². The van der Waals surface area contributed by atoms with Crippen LogP contribution < -0.4 is 11.1 Å². The van der Waals surface area contributed by atoms with Crippen LogP contribution in [0.2, 0.25) is 0 Å². The standard InChI is InChI=1S/C20H39N3/c21-15-13-16-22-17-14-20-23-18-11-9-7-5-3-1-2-4-6-8-10-12-19-23/h1,3-4,6,22H,2,5,7-21H2/b3-1-,6-4+. The van der Waals surface area contributed by atoms with Crippen molar-refractivity contribution in [3.8, 4) is 0 Å². The van der Waals surface area contributed by atoms with E-state index in [4.69, 9.17) is 5.73 Å². The van der Waals surface area contributed by atoms with E-state index >= 15 is 0 Å². The van der Waals surface area contributed by atoms with Gasteiger partial charge in [0.25, 0.3) is 0 Å². The number of hydrogen-bond donors (Lipinski definition) is 2. The lowest BCUT2D eigenvalue weighted by Gasteiger charge is -2.22. The van der Waals surface area contributed by atoms with E-state index in [-0.39, 0.29) is 0 Å². The highest BCUT2D eigenvalue weighted by Crippen LogP contribution is 2.07. The molecule has 3 N–H and O–H groups in total. The lowest BCUT2D eigenvalue weighted by atomic mass is 10.1. The van der Waals surface area contributed by atoms with Gasteiger partial charge in [-0.15, -0.1) is 0 Å². The minimum absolute atomic E-state index is 0.794. The zero-order valence-corrected chi connectivity index (χ0v) is 15.1. The van der Waals surface area contributed by atoms with Crippen molar-refractivity contribution in [2.45, 2.75) is 64.2 Å². The average Bonchev–Trinajstić information content (AvgIpc) is 2.57. The summed E-state index contributed by atoms with van der Waals surface area (Å²) in [5.41, 5.74) is 5.52. The molecule has 0 aromatic carbocycles. The van der Waals surface area contributed by atoms with Gasteiger partial charge in [0.15, 0.2) is 0 Å². The molecular weight excluding hydrogens is 282 g/mol. The molecule has 0 aromatic rings. The summed E-state index contributed by atoms with van der Waals surface area (Å²) in [6, 6.07) is 0. The van der Waals surface area contributed by atoms with Crippen LogP contribution >= 0.6 is 0 Å². The molecule has 23 heavy (non-hydrogen) atoms. The van der Waals surface area contributed by atoms with E-state index in [0.29, 0.717) is 0 Å². The second-order valence-corrected chi connectivity index (χ2v) is 6.61. The Hall–Kier alpha value is -0.640. The summed E-state index contributed by atoms with van der Waals surface area (Å²) < 4.78 is 0. The SMILES string of the molecule is NCCCNCCCN1CCCC/C=C/C/C=C\CCCCC1. The summed E-state index contributed by atoms with van der Waals surface area (Å²) in [4.78, 5) is 2.68. The van der Waals surface area contributed by atoms with E-state index < -0.39 is 0 Å². The van der Waals surface area contributed by atoms with Gasteiger partial charge in [-0.1, -0.05) is 30.7 Å². The fourth-order valence-corrected chi connectivity index (χ4v) is 2.99. The Bertz CT molecular complexity index is 299. The maximum absolute atomic E-state index is 5.52. The van der Waals surface area contributed by atoms with Crippen LogP contribution in [0.1, 0.15) is 64.2 Å². The highest BCUT2D eigenvalue weighted by atomic mass is 15.1. The van der Waals surface area contributed by atoms with Crippen molar-refractivity contribution in [1.29, 1.82) is 0 Å². The van der Waals surface area contributed by atoms with Crippen molar-refractivity contribution in [2.75, 3.05) is 39.3 Å². The molecule has 1 aliphatic heterocycles. The van der Waals surface area contributed by atoms with Crippen LogP contribution in [0, 0.1) is 0 Å². The Balaban J connectivity index is 2.21. The molecule has 3 heteroatoms. The Morgan fingerprint density at radius 1 is 0.783 bits per heavy atom. The van der Waals surface area contributed by atoms with Gasteiger partial charge in [-0.25, -0.2) is 0 Å². The molecule has 0 amide bonds. The van der Waals surface area contributed by atoms with Gasteiger partial charge in [0.05, 0.1) is 0 Å². The normalized spacial score (nSPS) is 22.1. The predicted octanol–water partition coefficient (Wildman–Crippen LogP) is 3.86. The number of allylic oxidation sites excluding steroid dienone is 4. The molecule has 1 rings (SSSR count). The molecule has 0 radical (unpaired) electrons. The molecule has 3 nitrogen and oxygen atoms in total. The second-order valence-electron chi connectivity index (χ2n) is 6.61. The topological polar surface area (TPSA) is 41.3 Å². The third-order valence-electron chi connectivity index (χ3n) is 4.43. The van der Waals surface area contributed by atoms with E-state index in [0.717, 1.165) is 32.5 Å². The molecule has 0 aliphatic carbocycles. The Labute approximate surface area is 144 Å². The lowest BCUT2D eigenvalue weighted by Crippen LogP contribution is -2.30. The first kappa shape index (κ1) is 20.4. The van der Waals surface area contributed by atoms with E-state index in [1.165, 1.54) is 71.0 Å². The maximum atomic E-state index is 5.52. The van der Waals surface area contributed by atoms with Crippen LogP contribution in [0.4, 0.5) is 0 Å².